The first kappa shape index (κ1) is 17.3. The summed E-state index contributed by atoms with van der Waals surface area (Å²) in [6, 6.07) is 7.23. The molecule has 2 fully saturated rings. The van der Waals surface area contributed by atoms with E-state index in [2.05, 4.69) is 6.92 Å². The zero-order chi connectivity index (χ0) is 17.1. The van der Waals surface area contributed by atoms with E-state index in [0.717, 1.165) is 12.0 Å². The highest BCUT2D eigenvalue weighted by atomic mass is 32.2. The standard InChI is InChI=1S/C18H24N2O3S/c1-3-16-20(17(21)14-7-5-4-6-13(14)2)15(12-24-16)18(22)19-8-10-23-11-9-19/h4-7,15-16H,3,8-12H2,1-2H3. The molecule has 5 nitrogen and oxygen atoms in total. The molecule has 2 aliphatic rings. The molecule has 0 spiro atoms. The number of nitrogens with zero attached hydrogens (tertiary/aromatic N) is 2. The number of ether oxygens (including phenoxy) is 1. The van der Waals surface area contributed by atoms with Gasteiger partial charge in [0.15, 0.2) is 0 Å². The first-order valence-electron chi connectivity index (χ1n) is 8.50. The van der Waals surface area contributed by atoms with Crippen LogP contribution in [0.5, 0.6) is 0 Å². The summed E-state index contributed by atoms with van der Waals surface area (Å²) in [6.07, 6.45) is 0.842. The average Bonchev–Trinajstić information content (AvgIpc) is 3.05. The summed E-state index contributed by atoms with van der Waals surface area (Å²) in [6.45, 7) is 6.39. The van der Waals surface area contributed by atoms with Gasteiger partial charge >= 0.3 is 0 Å². The topological polar surface area (TPSA) is 49.9 Å². The molecule has 0 radical (unpaired) electrons. The molecule has 24 heavy (non-hydrogen) atoms. The van der Waals surface area contributed by atoms with E-state index in [1.165, 1.54) is 0 Å². The number of hydrogen-bond donors (Lipinski definition) is 0. The van der Waals surface area contributed by atoms with E-state index < -0.39 is 0 Å². The minimum absolute atomic E-state index is 0.0310. The van der Waals surface area contributed by atoms with E-state index in [4.69, 9.17) is 4.74 Å². The summed E-state index contributed by atoms with van der Waals surface area (Å²) in [5, 5.41) is 0.0621. The normalized spacial score (nSPS) is 24.2. The van der Waals surface area contributed by atoms with Crippen molar-refractivity contribution in [2.75, 3.05) is 32.1 Å². The second kappa shape index (κ2) is 7.57. The average molecular weight is 348 g/mol. The summed E-state index contributed by atoms with van der Waals surface area (Å²) >= 11 is 1.71. The van der Waals surface area contributed by atoms with E-state index in [1.54, 1.807) is 11.8 Å². The van der Waals surface area contributed by atoms with Gasteiger partial charge in [0.25, 0.3) is 5.91 Å². The molecule has 0 saturated carbocycles. The zero-order valence-electron chi connectivity index (χ0n) is 14.2. The Hall–Kier alpha value is -1.53. The zero-order valence-corrected chi connectivity index (χ0v) is 15.1. The van der Waals surface area contributed by atoms with Crippen molar-refractivity contribution in [1.82, 2.24) is 9.80 Å². The third-order valence-corrected chi connectivity index (χ3v) is 6.11. The van der Waals surface area contributed by atoms with Crippen LogP contribution in [-0.4, -0.2) is 65.1 Å². The van der Waals surface area contributed by atoms with Gasteiger partial charge < -0.3 is 14.5 Å². The number of carbonyl (C=O) groups is 2. The van der Waals surface area contributed by atoms with Crippen LogP contribution in [0.15, 0.2) is 24.3 Å². The first-order chi connectivity index (χ1) is 11.6. The number of rotatable bonds is 3. The molecule has 3 rings (SSSR count). The van der Waals surface area contributed by atoms with Crippen molar-refractivity contribution < 1.29 is 14.3 Å². The van der Waals surface area contributed by atoms with Crippen LogP contribution in [0.3, 0.4) is 0 Å². The smallest absolute Gasteiger partial charge is 0.255 e. The van der Waals surface area contributed by atoms with Gasteiger partial charge in [-0.3, -0.25) is 9.59 Å². The predicted molar refractivity (Wildman–Crippen MR) is 95.1 cm³/mol. The molecule has 0 aliphatic carbocycles. The Morgan fingerprint density at radius 2 is 1.96 bits per heavy atom. The molecule has 2 aliphatic heterocycles. The largest absolute Gasteiger partial charge is 0.378 e. The van der Waals surface area contributed by atoms with Crippen molar-refractivity contribution in [1.29, 1.82) is 0 Å². The van der Waals surface area contributed by atoms with Gasteiger partial charge in [0, 0.05) is 24.4 Å². The lowest BCUT2D eigenvalue weighted by Crippen LogP contribution is -2.53. The summed E-state index contributed by atoms with van der Waals surface area (Å²) in [5.74, 6) is 0.701. The molecule has 1 aromatic carbocycles. The van der Waals surface area contributed by atoms with Gasteiger partial charge in [-0.1, -0.05) is 25.1 Å². The third kappa shape index (κ3) is 3.30. The Morgan fingerprint density at radius 1 is 1.25 bits per heavy atom. The molecule has 2 atom stereocenters. The van der Waals surface area contributed by atoms with Crippen molar-refractivity contribution in [3.63, 3.8) is 0 Å². The van der Waals surface area contributed by atoms with E-state index >= 15 is 0 Å². The highest BCUT2D eigenvalue weighted by Crippen LogP contribution is 2.34. The summed E-state index contributed by atoms with van der Waals surface area (Å²) in [7, 11) is 0. The molecule has 2 saturated heterocycles. The van der Waals surface area contributed by atoms with Crippen molar-refractivity contribution in [2.24, 2.45) is 0 Å². The lowest BCUT2D eigenvalue weighted by Gasteiger charge is -2.34. The Bertz CT molecular complexity index is 616. The molecule has 0 N–H and O–H groups in total. The lowest BCUT2D eigenvalue weighted by molar-refractivity contribution is -0.139. The SMILES string of the molecule is CCC1SCC(C(=O)N2CCOCC2)N1C(=O)c1ccccc1C. The van der Waals surface area contributed by atoms with Crippen molar-refractivity contribution in [3.8, 4) is 0 Å². The molecular weight excluding hydrogens is 324 g/mol. The van der Waals surface area contributed by atoms with Crippen LogP contribution < -0.4 is 0 Å². The van der Waals surface area contributed by atoms with Crippen LogP contribution in [0.2, 0.25) is 0 Å². The van der Waals surface area contributed by atoms with Crippen molar-refractivity contribution in [3.05, 3.63) is 35.4 Å². The maximum absolute atomic E-state index is 13.2. The van der Waals surface area contributed by atoms with Crippen LogP contribution in [0.1, 0.15) is 29.3 Å². The molecule has 0 aromatic heterocycles. The number of benzene rings is 1. The number of carbonyl (C=O) groups excluding carboxylic acids is 2. The van der Waals surface area contributed by atoms with E-state index in [9.17, 15) is 9.59 Å². The fraction of sp³-hybridized carbons (Fsp3) is 0.556. The molecule has 0 bridgehead atoms. The van der Waals surface area contributed by atoms with Crippen LogP contribution in [-0.2, 0) is 9.53 Å². The maximum atomic E-state index is 13.2. The highest BCUT2D eigenvalue weighted by molar-refractivity contribution is 8.00. The molecule has 2 unspecified atom stereocenters. The van der Waals surface area contributed by atoms with E-state index in [-0.39, 0.29) is 23.2 Å². The van der Waals surface area contributed by atoms with Crippen LogP contribution in [0.4, 0.5) is 0 Å². The quantitative estimate of drug-likeness (QED) is 0.840. The fourth-order valence-corrected chi connectivity index (χ4v) is 4.63. The molecule has 6 heteroatoms. The van der Waals surface area contributed by atoms with Crippen LogP contribution >= 0.6 is 11.8 Å². The highest BCUT2D eigenvalue weighted by Gasteiger charge is 2.43. The molecule has 2 amide bonds. The Labute approximate surface area is 147 Å². The number of thioether (sulfide) groups is 1. The van der Waals surface area contributed by atoms with Gasteiger partial charge in [-0.2, -0.15) is 0 Å². The van der Waals surface area contributed by atoms with Gasteiger partial charge in [0.2, 0.25) is 5.91 Å². The van der Waals surface area contributed by atoms with Crippen LogP contribution in [0, 0.1) is 6.92 Å². The van der Waals surface area contributed by atoms with Gasteiger partial charge in [-0.15, -0.1) is 11.8 Å². The molecule has 2 heterocycles. The van der Waals surface area contributed by atoms with Gasteiger partial charge in [0.05, 0.1) is 18.6 Å². The second-order valence-corrected chi connectivity index (χ2v) is 7.39. The minimum atomic E-state index is -0.370. The summed E-state index contributed by atoms with van der Waals surface area (Å²) < 4.78 is 5.33. The summed E-state index contributed by atoms with van der Waals surface area (Å²) in [4.78, 5) is 29.8. The van der Waals surface area contributed by atoms with Gasteiger partial charge in [-0.25, -0.2) is 0 Å². The minimum Gasteiger partial charge on any atom is -0.378 e. The molecular formula is C18H24N2O3S. The Morgan fingerprint density at radius 3 is 2.62 bits per heavy atom. The number of morpholine rings is 1. The summed E-state index contributed by atoms with van der Waals surface area (Å²) in [5.41, 5.74) is 1.64. The maximum Gasteiger partial charge on any atom is 0.255 e. The van der Waals surface area contributed by atoms with Crippen molar-refractivity contribution >= 4 is 23.6 Å². The Balaban J connectivity index is 1.85. The monoisotopic (exact) mass is 348 g/mol. The third-order valence-electron chi connectivity index (χ3n) is 4.66. The number of aryl methyl sites for hydroxylation is 1. The second-order valence-electron chi connectivity index (χ2n) is 6.18. The van der Waals surface area contributed by atoms with E-state index in [0.29, 0.717) is 37.6 Å². The van der Waals surface area contributed by atoms with Gasteiger partial charge in [-0.05, 0) is 25.0 Å². The van der Waals surface area contributed by atoms with Crippen LogP contribution in [0.25, 0.3) is 0 Å². The molecule has 130 valence electrons. The van der Waals surface area contributed by atoms with E-state index in [1.807, 2.05) is 41.0 Å². The Kier molecular flexibility index (Phi) is 5.46. The predicted octanol–water partition coefficient (Wildman–Crippen LogP) is 2.15. The number of hydrogen-bond acceptors (Lipinski definition) is 4. The lowest BCUT2D eigenvalue weighted by atomic mass is 10.1. The first-order valence-corrected chi connectivity index (χ1v) is 9.54. The molecule has 1 aromatic rings. The van der Waals surface area contributed by atoms with Crippen molar-refractivity contribution in [2.45, 2.75) is 31.7 Å². The van der Waals surface area contributed by atoms with Gasteiger partial charge in [0.1, 0.15) is 6.04 Å². The fourth-order valence-electron chi connectivity index (χ4n) is 3.29. The number of amides is 2.